The number of hydrogen-bond donors (Lipinski definition) is 0. The maximum absolute atomic E-state index is 8.60. The quantitative estimate of drug-likeness (QED) is 0.588. The molecular formula is C12H8IN3. The monoisotopic (exact) mass is 321 g/mol. The molecule has 0 unspecified atom stereocenters. The first-order valence-corrected chi connectivity index (χ1v) is 5.75. The van der Waals surface area contributed by atoms with Gasteiger partial charge in [-0.3, -0.25) is 0 Å². The highest BCUT2D eigenvalue weighted by atomic mass is 127. The van der Waals surface area contributed by atoms with Crippen molar-refractivity contribution < 1.29 is 0 Å². The number of aromatic nitrogens is 1. The van der Waals surface area contributed by atoms with Crippen LogP contribution in [-0.4, -0.2) is 4.57 Å². The normalized spacial score (nSPS) is 11.1. The molecule has 0 spiro atoms. The van der Waals surface area contributed by atoms with Gasteiger partial charge in [-0.05, 0) is 59.0 Å². The van der Waals surface area contributed by atoms with Crippen LogP contribution in [0.25, 0.3) is 5.69 Å². The molecule has 2 rings (SSSR count). The zero-order chi connectivity index (χ0) is 11.4. The first-order valence-electron chi connectivity index (χ1n) is 4.68. The molecule has 4 heteroatoms. The third-order valence-corrected chi connectivity index (χ3v) is 2.83. The van der Waals surface area contributed by atoms with E-state index in [1.807, 2.05) is 53.4 Å². The fourth-order valence-corrected chi connectivity index (χ4v) is 1.76. The van der Waals surface area contributed by atoms with Gasteiger partial charge in [0.05, 0.1) is 0 Å². The average molecular weight is 321 g/mol. The summed E-state index contributed by atoms with van der Waals surface area (Å²) >= 11 is 2.26. The molecule has 0 radical (unpaired) electrons. The molecule has 0 saturated heterocycles. The van der Waals surface area contributed by atoms with Gasteiger partial charge >= 0.3 is 0 Å². The number of rotatable bonds is 1. The summed E-state index contributed by atoms with van der Waals surface area (Å²) in [6.07, 6.45) is 3.70. The first-order chi connectivity index (χ1) is 7.81. The summed E-state index contributed by atoms with van der Waals surface area (Å²) in [6, 6.07) is 13.6. The Morgan fingerprint density at radius 1 is 1.12 bits per heavy atom. The van der Waals surface area contributed by atoms with Crippen molar-refractivity contribution in [2.45, 2.75) is 0 Å². The predicted octanol–water partition coefficient (Wildman–Crippen LogP) is 2.46. The molecule has 1 heterocycles. The van der Waals surface area contributed by atoms with E-state index < -0.39 is 0 Å². The summed E-state index contributed by atoms with van der Waals surface area (Å²) in [4.78, 5) is 3.77. The lowest BCUT2D eigenvalue weighted by Crippen LogP contribution is -2.17. The van der Waals surface area contributed by atoms with Crippen LogP contribution in [0.2, 0.25) is 0 Å². The summed E-state index contributed by atoms with van der Waals surface area (Å²) in [6.45, 7) is 0. The Bertz CT molecular complexity index is 591. The molecule has 3 nitrogen and oxygen atoms in total. The van der Waals surface area contributed by atoms with Crippen LogP contribution in [-0.2, 0) is 0 Å². The molecule has 0 bridgehead atoms. The van der Waals surface area contributed by atoms with Gasteiger partial charge in [0.25, 0.3) is 0 Å². The van der Waals surface area contributed by atoms with Crippen LogP contribution in [0.3, 0.4) is 0 Å². The largest absolute Gasteiger partial charge is 0.301 e. The van der Waals surface area contributed by atoms with Gasteiger partial charge in [-0.15, -0.1) is 0 Å². The highest BCUT2D eigenvalue weighted by Gasteiger charge is 1.96. The molecule has 1 aromatic heterocycles. The molecule has 0 aliphatic heterocycles. The lowest BCUT2D eigenvalue weighted by Gasteiger charge is -2.06. The molecule has 1 aromatic carbocycles. The number of nitriles is 1. The average Bonchev–Trinajstić information content (AvgIpc) is 2.32. The van der Waals surface area contributed by atoms with Crippen molar-refractivity contribution in [3.05, 3.63) is 57.7 Å². The molecular weight excluding hydrogens is 313 g/mol. The van der Waals surface area contributed by atoms with E-state index in [1.165, 1.54) is 3.57 Å². The Balaban J connectivity index is 2.61. The smallest absolute Gasteiger partial charge is 0.207 e. The van der Waals surface area contributed by atoms with Gasteiger partial charge in [-0.25, -0.2) is 0 Å². The lowest BCUT2D eigenvalue weighted by atomic mass is 10.3. The topological polar surface area (TPSA) is 41.1 Å². The zero-order valence-corrected chi connectivity index (χ0v) is 10.5. The van der Waals surface area contributed by atoms with E-state index in [2.05, 4.69) is 27.6 Å². The maximum Gasteiger partial charge on any atom is 0.207 e. The zero-order valence-electron chi connectivity index (χ0n) is 8.34. The molecule has 78 valence electrons. The molecule has 0 aliphatic carbocycles. The van der Waals surface area contributed by atoms with Crippen molar-refractivity contribution in [2.24, 2.45) is 4.99 Å². The van der Waals surface area contributed by atoms with E-state index in [9.17, 15) is 0 Å². The van der Waals surface area contributed by atoms with Gasteiger partial charge in [-0.1, -0.05) is 6.07 Å². The van der Waals surface area contributed by atoms with Crippen LogP contribution >= 0.6 is 22.6 Å². The van der Waals surface area contributed by atoms with Crippen molar-refractivity contribution in [1.29, 1.82) is 5.26 Å². The minimum absolute atomic E-state index is 0.631. The lowest BCUT2D eigenvalue weighted by molar-refractivity contribution is 0.952. The van der Waals surface area contributed by atoms with E-state index in [1.54, 1.807) is 6.07 Å². The van der Waals surface area contributed by atoms with Crippen LogP contribution in [0.1, 0.15) is 0 Å². The van der Waals surface area contributed by atoms with Crippen molar-refractivity contribution in [1.82, 2.24) is 4.57 Å². The van der Waals surface area contributed by atoms with Crippen LogP contribution in [0, 0.1) is 15.0 Å². The van der Waals surface area contributed by atoms with E-state index >= 15 is 0 Å². The Morgan fingerprint density at radius 3 is 2.56 bits per heavy atom. The molecule has 16 heavy (non-hydrogen) atoms. The summed E-state index contributed by atoms with van der Waals surface area (Å²) < 4.78 is 3.05. The molecule has 0 aliphatic rings. The van der Waals surface area contributed by atoms with E-state index in [0.717, 1.165) is 5.69 Å². The fourth-order valence-electron chi connectivity index (χ4n) is 1.40. The number of benzene rings is 1. The van der Waals surface area contributed by atoms with Crippen molar-refractivity contribution in [2.75, 3.05) is 0 Å². The summed E-state index contributed by atoms with van der Waals surface area (Å²) in [5.74, 6) is 0. The van der Waals surface area contributed by atoms with Crippen molar-refractivity contribution >= 4 is 22.6 Å². The Hall–Kier alpha value is -1.61. The highest BCUT2D eigenvalue weighted by Crippen LogP contribution is 2.09. The van der Waals surface area contributed by atoms with E-state index in [-0.39, 0.29) is 0 Å². The Morgan fingerprint density at radius 2 is 1.88 bits per heavy atom. The second kappa shape index (κ2) is 4.94. The number of halogens is 1. The van der Waals surface area contributed by atoms with Crippen LogP contribution < -0.4 is 5.49 Å². The third kappa shape index (κ3) is 2.31. The Labute approximate surface area is 107 Å². The highest BCUT2D eigenvalue weighted by molar-refractivity contribution is 14.1. The molecule has 0 amide bonds. The van der Waals surface area contributed by atoms with Gasteiger partial charge < -0.3 is 4.57 Å². The molecule has 0 saturated carbocycles. The van der Waals surface area contributed by atoms with Gasteiger partial charge in [-0.2, -0.15) is 10.3 Å². The maximum atomic E-state index is 8.60. The van der Waals surface area contributed by atoms with Gasteiger partial charge in [0, 0.05) is 15.5 Å². The summed E-state index contributed by atoms with van der Waals surface area (Å²) in [5, 5.41) is 8.60. The van der Waals surface area contributed by atoms with Crippen molar-refractivity contribution in [3.8, 4) is 11.9 Å². The van der Waals surface area contributed by atoms with Crippen molar-refractivity contribution in [3.63, 3.8) is 0 Å². The van der Waals surface area contributed by atoms with Crippen LogP contribution in [0.5, 0.6) is 0 Å². The van der Waals surface area contributed by atoms with Gasteiger partial charge in [0.1, 0.15) is 5.49 Å². The summed E-state index contributed by atoms with van der Waals surface area (Å²) in [7, 11) is 0. The predicted molar refractivity (Wildman–Crippen MR) is 69.7 cm³/mol. The van der Waals surface area contributed by atoms with E-state index in [4.69, 9.17) is 5.26 Å². The SMILES string of the molecule is N#C/N=c1\ccccn1-c1ccc(I)cc1. The molecule has 2 aromatic rings. The number of hydrogen-bond acceptors (Lipinski definition) is 2. The third-order valence-electron chi connectivity index (χ3n) is 2.11. The Kier molecular flexibility index (Phi) is 3.37. The van der Waals surface area contributed by atoms with Crippen LogP contribution in [0.4, 0.5) is 0 Å². The second-order valence-electron chi connectivity index (χ2n) is 3.12. The van der Waals surface area contributed by atoms with Gasteiger partial charge in [0.15, 0.2) is 0 Å². The molecule has 0 atom stereocenters. The fraction of sp³-hybridized carbons (Fsp3) is 0. The molecule has 0 N–H and O–H groups in total. The van der Waals surface area contributed by atoms with Crippen LogP contribution in [0.15, 0.2) is 53.7 Å². The van der Waals surface area contributed by atoms with E-state index in [0.29, 0.717) is 5.49 Å². The number of pyridine rings is 1. The standard InChI is InChI=1S/C12H8IN3/c13-10-4-6-11(7-5-10)16-8-2-1-3-12(16)15-9-14/h1-8H/b15-12+. The number of nitrogens with zero attached hydrogens (tertiary/aromatic N) is 3. The first kappa shape index (κ1) is 10.9. The minimum atomic E-state index is 0.631. The van der Waals surface area contributed by atoms with Gasteiger partial charge in [0.2, 0.25) is 6.19 Å². The summed E-state index contributed by atoms with van der Waals surface area (Å²) in [5.41, 5.74) is 1.63. The second-order valence-corrected chi connectivity index (χ2v) is 4.36. The molecule has 0 fully saturated rings. The minimum Gasteiger partial charge on any atom is -0.301 e.